The average molecular weight is 412 g/mol. The smallest absolute Gasteiger partial charge is 0.246 e. The number of nitrogens with one attached hydrogen (secondary N) is 2. The van der Waals surface area contributed by atoms with Crippen molar-refractivity contribution in [3.05, 3.63) is 35.9 Å². The third-order valence-corrected chi connectivity index (χ3v) is 7.41. The zero-order valence-corrected chi connectivity index (χ0v) is 18.9. The number of carbonyl (C=O) groups excluding carboxylic acids is 2. The van der Waals surface area contributed by atoms with Gasteiger partial charge in [0.15, 0.2) is 0 Å². The van der Waals surface area contributed by atoms with Crippen molar-refractivity contribution in [3.63, 3.8) is 0 Å². The molecule has 4 bridgehead atoms. The molecular formula is C25H37N3O2. The first kappa shape index (κ1) is 21.4. The average Bonchev–Trinajstić information content (AvgIpc) is 3.02. The van der Waals surface area contributed by atoms with Crippen LogP contribution in [-0.4, -0.2) is 47.9 Å². The maximum Gasteiger partial charge on any atom is 0.246 e. The molecule has 2 amide bonds. The van der Waals surface area contributed by atoms with Crippen LogP contribution >= 0.6 is 0 Å². The maximum absolute atomic E-state index is 13.6. The molecule has 0 spiro atoms. The molecule has 3 saturated heterocycles. The fourth-order valence-corrected chi connectivity index (χ4v) is 6.01. The molecule has 5 rings (SSSR count). The lowest BCUT2D eigenvalue weighted by atomic mass is 9.57. The quantitative estimate of drug-likeness (QED) is 0.692. The summed E-state index contributed by atoms with van der Waals surface area (Å²) in [5, 5.41) is 6.40. The van der Waals surface area contributed by atoms with Crippen molar-refractivity contribution in [2.45, 2.75) is 58.5 Å². The second kappa shape index (κ2) is 8.33. The number of fused-ring (bicyclic) bond motifs is 1. The molecule has 3 aliphatic heterocycles. The Labute approximate surface area is 181 Å². The van der Waals surface area contributed by atoms with E-state index in [0.29, 0.717) is 18.4 Å². The first-order chi connectivity index (χ1) is 14.3. The van der Waals surface area contributed by atoms with Crippen LogP contribution in [0.4, 0.5) is 0 Å². The van der Waals surface area contributed by atoms with E-state index in [4.69, 9.17) is 0 Å². The van der Waals surface area contributed by atoms with E-state index in [2.05, 4.69) is 67.5 Å². The molecule has 30 heavy (non-hydrogen) atoms. The lowest BCUT2D eigenvalue weighted by Crippen LogP contribution is -2.76. The highest BCUT2D eigenvalue weighted by Gasteiger charge is 2.67. The molecule has 2 N–H and O–H groups in total. The molecule has 164 valence electrons. The van der Waals surface area contributed by atoms with Gasteiger partial charge in [-0.1, -0.05) is 58.0 Å². The van der Waals surface area contributed by atoms with Crippen molar-refractivity contribution >= 4 is 11.8 Å². The van der Waals surface area contributed by atoms with E-state index in [1.54, 1.807) is 0 Å². The second-order valence-corrected chi connectivity index (χ2v) is 10.5. The fourth-order valence-electron chi connectivity index (χ4n) is 6.01. The Kier molecular flexibility index (Phi) is 5.93. The summed E-state index contributed by atoms with van der Waals surface area (Å²) in [6.45, 7) is 11.3. The van der Waals surface area contributed by atoms with E-state index in [9.17, 15) is 9.59 Å². The van der Waals surface area contributed by atoms with Gasteiger partial charge < -0.3 is 10.6 Å². The maximum atomic E-state index is 13.6. The zero-order valence-electron chi connectivity index (χ0n) is 18.9. The molecule has 5 heteroatoms. The van der Waals surface area contributed by atoms with Gasteiger partial charge in [-0.3, -0.25) is 14.5 Å². The Bertz CT molecular complexity index is 778. The molecule has 5 atom stereocenters. The van der Waals surface area contributed by atoms with Crippen LogP contribution in [0.1, 0.15) is 46.1 Å². The Balaban J connectivity index is 1.68. The molecular weight excluding hydrogens is 374 g/mol. The van der Waals surface area contributed by atoms with E-state index >= 15 is 0 Å². The number of hydrogen-bond acceptors (Lipinski definition) is 3. The van der Waals surface area contributed by atoms with E-state index in [1.165, 1.54) is 5.56 Å². The number of rotatable bonds is 8. The lowest BCUT2D eigenvalue weighted by Gasteiger charge is -2.55. The third kappa shape index (κ3) is 3.77. The van der Waals surface area contributed by atoms with Crippen molar-refractivity contribution in [1.29, 1.82) is 0 Å². The molecule has 1 aliphatic carbocycles. The molecule has 5 nitrogen and oxygen atoms in total. The summed E-state index contributed by atoms with van der Waals surface area (Å²) in [5.41, 5.74) is 0.450. The summed E-state index contributed by atoms with van der Waals surface area (Å²) in [6.07, 6.45) is 2.71. The highest BCUT2D eigenvalue weighted by molar-refractivity contribution is 5.96. The number of amides is 2. The molecule has 1 aromatic rings. The van der Waals surface area contributed by atoms with E-state index in [0.717, 1.165) is 32.4 Å². The van der Waals surface area contributed by atoms with Gasteiger partial charge in [0.1, 0.15) is 5.54 Å². The van der Waals surface area contributed by atoms with Crippen LogP contribution in [0.25, 0.3) is 0 Å². The zero-order chi connectivity index (χ0) is 21.5. The van der Waals surface area contributed by atoms with Gasteiger partial charge in [0.05, 0.1) is 5.92 Å². The van der Waals surface area contributed by atoms with Gasteiger partial charge in [-0.25, -0.2) is 0 Å². The molecule has 3 heterocycles. The van der Waals surface area contributed by atoms with Gasteiger partial charge >= 0.3 is 0 Å². The predicted molar refractivity (Wildman–Crippen MR) is 119 cm³/mol. The number of piperidine rings is 2. The van der Waals surface area contributed by atoms with E-state index in [1.807, 2.05) is 6.07 Å². The Hall–Kier alpha value is -1.88. The van der Waals surface area contributed by atoms with Crippen LogP contribution in [0.2, 0.25) is 0 Å². The monoisotopic (exact) mass is 411 g/mol. The van der Waals surface area contributed by atoms with Crippen LogP contribution in [0.3, 0.4) is 0 Å². The van der Waals surface area contributed by atoms with Crippen molar-refractivity contribution in [3.8, 4) is 0 Å². The van der Waals surface area contributed by atoms with Gasteiger partial charge in [0.2, 0.25) is 11.8 Å². The van der Waals surface area contributed by atoms with Crippen LogP contribution in [0.5, 0.6) is 0 Å². The highest BCUT2D eigenvalue weighted by atomic mass is 16.2. The van der Waals surface area contributed by atoms with Crippen LogP contribution in [0, 0.1) is 29.6 Å². The van der Waals surface area contributed by atoms with Crippen LogP contribution < -0.4 is 10.6 Å². The SMILES string of the molecule is CC(C)CCN1C[C@H]2C[C@]3(C(=O)NCC(C)C)NC(=O)[C@H]2C1[C@H]3Cc1ccccc1. The van der Waals surface area contributed by atoms with Crippen molar-refractivity contribution in [1.82, 2.24) is 15.5 Å². The largest absolute Gasteiger partial charge is 0.354 e. The molecule has 0 aromatic heterocycles. The number of hydrogen-bond donors (Lipinski definition) is 2. The van der Waals surface area contributed by atoms with Gasteiger partial charge in [0, 0.05) is 25.0 Å². The summed E-state index contributed by atoms with van der Waals surface area (Å²) in [7, 11) is 0. The van der Waals surface area contributed by atoms with Gasteiger partial charge in [-0.05, 0) is 49.1 Å². The summed E-state index contributed by atoms with van der Waals surface area (Å²) >= 11 is 0. The van der Waals surface area contributed by atoms with E-state index < -0.39 is 5.54 Å². The number of carbonyl (C=O) groups is 2. The summed E-state index contributed by atoms with van der Waals surface area (Å²) in [4.78, 5) is 29.2. The Morgan fingerprint density at radius 2 is 1.93 bits per heavy atom. The Morgan fingerprint density at radius 1 is 1.20 bits per heavy atom. The fraction of sp³-hybridized carbons (Fsp3) is 0.680. The predicted octanol–water partition coefficient (Wildman–Crippen LogP) is 2.85. The van der Waals surface area contributed by atoms with Crippen LogP contribution in [-0.2, 0) is 16.0 Å². The number of likely N-dealkylation sites (tertiary alicyclic amines) is 1. The minimum absolute atomic E-state index is 0.0179. The van der Waals surface area contributed by atoms with Crippen molar-refractivity contribution in [2.75, 3.05) is 19.6 Å². The van der Waals surface area contributed by atoms with Crippen molar-refractivity contribution < 1.29 is 9.59 Å². The highest BCUT2D eigenvalue weighted by Crippen LogP contribution is 2.53. The minimum atomic E-state index is -0.793. The number of nitrogens with zero attached hydrogens (tertiary/aromatic N) is 1. The van der Waals surface area contributed by atoms with Gasteiger partial charge in [0.25, 0.3) is 0 Å². The molecule has 1 aromatic carbocycles. The molecule has 1 saturated carbocycles. The lowest BCUT2D eigenvalue weighted by molar-refractivity contribution is -0.154. The third-order valence-electron chi connectivity index (χ3n) is 7.41. The van der Waals surface area contributed by atoms with E-state index in [-0.39, 0.29) is 35.6 Å². The molecule has 0 radical (unpaired) electrons. The standard InChI is InChI=1S/C25H37N3O2/c1-16(2)10-11-28-15-19-13-25(24(30)26-14-17(3)4)20(12-18-8-6-5-7-9-18)22(28)21(19)23(29)27-25/h5-9,16-17,19-22H,10-15H2,1-4H3,(H,26,30)(H,27,29)/t19-,20-,21-,22?,25+/m1/s1. The second-order valence-electron chi connectivity index (χ2n) is 10.5. The number of benzene rings is 1. The van der Waals surface area contributed by atoms with Gasteiger partial charge in [-0.2, -0.15) is 0 Å². The molecule has 1 unspecified atom stereocenters. The summed E-state index contributed by atoms with van der Waals surface area (Å²) < 4.78 is 0. The normalized spacial score (nSPS) is 32.7. The molecule has 4 aliphatic rings. The van der Waals surface area contributed by atoms with Crippen LogP contribution in [0.15, 0.2) is 30.3 Å². The minimum Gasteiger partial charge on any atom is -0.354 e. The first-order valence-electron chi connectivity index (χ1n) is 11.7. The first-order valence-corrected chi connectivity index (χ1v) is 11.7. The topological polar surface area (TPSA) is 61.4 Å². The van der Waals surface area contributed by atoms with Gasteiger partial charge in [-0.15, -0.1) is 0 Å². The summed E-state index contributed by atoms with van der Waals surface area (Å²) in [6, 6.07) is 10.6. The molecule has 4 fully saturated rings. The Morgan fingerprint density at radius 3 is 2.60 bits per heavy atom. The van der Waals surface area contributed by atoms with Crippen molar-refractivity contribution in [2.24, 2.45) is 29.6 Å². The summed E-state index contributed by atoms with van der Waals surface area (Å²) in [5.74, 6) is 1.52.